The molecule has 2 aliphatic rings. The Balaban J connectivity index is 1.72. The Morgan fingerprint density at radius 3 is 2.68 bits per heavy atom. The maximum absolute atomic E-state index is 12.7. The Bertz CT molecular complexity index is 824. The number of sulfone groups is 1. The predicted octanol–water partition coefficient (Wildman–Crippen LogP) is 1.65. The van der Waals surface area contributed by atoms with Gasteiger partial charge in [0, 0.05) is 36.8 Å². The number of rotatable bonds is 3. The van der Waals surface area contributed by atoms with Gasteiger partial charge in [-0.3, -0.25) is 9.59 Å². The fraction of sp³-hybridized carbons (Fsp3) is 0.529. The standard InChI is InChI=1S/C17H21ClN2O4S/c1-11-7-13(18)3-4-15(11)20-9-12(8-16(20)21)17(22)19(2)14-5-6-25(23,24)10-14/h3-4,7,12,14H,5-6,8-10H2,1-2H3. The van der Waals surface area contributed by atoms with Gasteiger partial charge in [0.1, 0.15) is 0 Å². The Morgan fingerprint density at radius 2 is 2.08 bits per heavy atom. The summed E-state index contributed by atoms with van der Waals surface area (Å²) in [6, 6.07) is 5.01. The Morgan fingerprint density at radius 1 is 1.36 bits per heavy atom. The van der Waals surface area contributed by atoms with Crippen LogP contribution in [0.5, 0.6) is 0 Å². The van der Waals surface area contributed by atoms with Crippen LogP contribution in [0.4, 0.5) is 5.69 Å². The van der Waals surface area contributed by atoms with Crippen LogP contribution in [-0.4, -0.2) is 56.3 Å². The maximum atomic E-state index is 12.7. The van der Waals surface area contributed by atoms with Gasteiger partial charge in [-0.2, -0.15) is 0 Å². The summed E-state index contributed by atoms with van der Waals surface area (Å²) in [5, 5.41) is 0.600. The molecule has 6 nitrogen and oxygen atoms in total. The van der Waals surface area contributed by atoms with E-state index in [2.05, 4.69) is 0 Å². The van der Waals surface area contributed by atoms with Crippen molar-refractivity contribution in [3.05, 3.63) is 28.8 Å². The van der Waals surface area contributed by atoms with Gasteiger partial charge in [0.25, 0.3) is 0 Å². The van der Waals surface area contributed by atoms with Crippen molar-refractivity contribution in [2.75, 3.05) is 30.0 Å². The minimum Gasteiger partial charge on any atom is -0.341 e. The summed E-state index contributed by atoms with van der Waals surface area (Å²) in [6.07, 6.45) is 0.607. The number of nitrogens with zero attached hydrogens (tertiary/aromatic N) is 2. The zero-order valence-electron chi connectivity index (χ0n) is 14.2. The van der Waals surface area contributed by atoms with Crippen LogP contribution in [0, 0.1) is 12.8 Å². The maximum Gasteiger partial charge on any atom is 0.228 e. The molecule has 25 heavy (non-hydrogen) atoms. The van der Waals surface area contributed by atoms with Crippen molar-refractivity contribution in [2.24, 2.45) is 5.92 Å². The number of amides is 2. The van der Waals surface area contributed by atoms with Crippen LogP contribution in [0.2, 0.25) is 5.02 Å². The zero-order chi connectivity index (χ0) is 18.4. The van der Waals surface area contributed by atoms with Crippen LogP contribution >= 0.6 is 11.6 Å². The monoisotopic (exact) mass is 384 g/mol. The van der Waals surface area contributed by atoms with Crippen molar-refractivity contribution in [1.82, 2.24) is 4.90 Å². The molecule has 0 aromatic heterocycles. The van der Waals surface area contributed by atoms with Crippen LogP contribution < -0.4 is 4.90 Å². The molecule has 2 heterocycles. The highest BCUT2D eigenvalue weighted by Gasteiger charge is 2.40. The summed E-state index contributed by atoms with van der Waals surface area (Å²) in [5.41, 5.74) is 1.64. The molecule has 2 amide bonds. The lowest BCUT2D eigenvalue weighted by Gasteiger charge is -2.26. The molecule has 0 bridgehead atoms. The second-order valence-electron chi connectivity index (χ2n) is 6.84. The highest BCUT2D eigenvalue weighted by molar-refractivity contribution is 7.91. The number of carbonyl (C=O) groups is 2. The zero-order valence-corrected chi connectivity index (χ0v) is 15.8. The van der Waals surface area contributed by atoms with Gasteiger partial charge < -0.3 is 9.80 Å². The van der Waals surface area contributed by atoms with Gasteiger partial charge in [-0.25, -0.2) is 8.42 Å². The van der Waals surface area contributed by atoms with Gasteiger partial charge in [-0.05, 0) is 37.1 Å². The molecule has 2 aliphatic heterocycles. The van der Waals surface area contributed by atoms with Crippen LogP contribution in [0.25, 0.3) is 0 Å². The summed E-state index contributed by atoms with van der Waals surface area (Å²) in [5.74, 6) is -0.582. The number of aryl methyl sites for hydroxylation is 1. The predicted molar refractivity (Wildman–Crippen MR) is 96.5 cm³/mol. The molecule has 0 spiro atoms. The van der Waals surface area contributed by atoms with Crippen LogP contribution in [0.3, 0.4) is 0 Å². The molecular formula is C17H21ClN2O4S. The van der Waals surface area contributed by atoms with Crippen molar-refractivity contribution < 1.29 is 18.0 Å². The topological polar surface area (TPSA) is 74.8 Å². The molecule has 8 heteroatoms. The third kappa shape index (κ3) is 3.67. The average molecular weight is 385 g/mol. The van der Waals surface area contributed by atoms with Crippen molar-refractivity contribution in [3.8, 4) is 0 Å². The van der Waals surface area contributed by atoms with Gasteiger partial charge in [0.15, 0.2) is 9.84 Å². The molecule has 2 fully saturated rings. The number of anilines is 1. The van der Waals surface area contributed by atoms with Gasteiger partial charge in [-0.15, -0.1) is 0 Å². The largest absolute Gasteiger partial charge is 0.341 e. The lowest BCUT2D eigenvalue weighted by atomic mass is 10.1. The van der Waals surface area contributed by atoms with Crippen molar-refractivity contribution in [1.29, 1.82) is 0 Å². The van der Waals surface area contributed by atoms with Gasteiger partial charge in [0.05, 0.1) is 17.4 Å². The molecule has 0 aliphatic carbocycles. The van der Waals surface area contributed by atoms with Crippen molar-refractivity contribution in [3.63, 3.8) is 0 Å². The molecule has 136 valence electrons. The van der Waals surface area contributed by atoms with Gasteiger partial charge in [-0.1, -0.05) is 11.6 Å². The molecule has 0 saturated carbocycles. The van der Waals surface area contributed by atoms with E-state index < -0.39 is 15.8 Å². The van der Waals surface area contributed by atoms with Crippen molar-refractivity contribution >= 4 is 38.9 Å². The molecular weight excluding hydrogens is 364 g/mol. The Hall–Kier alpha value is -1.60. The molecule has 0 N–H and O–H groups in total. The van der Waals surface area contributed by atoms with Crippen molar-refractivity contribution in [2.45, 2.75) is 25.8 Å². The number of hydrogen-bond acceptors (Lipinski definition) is 4. The summed E-state index contributed by atoms with van der Waals surface area (Å²) in [4.78, 5) is 28.3. The van der Waals surface area contributed by atoms with E-state index in [1.54, 1.807) is 30.1 Å². The first kappa shape index (κ1) is 18.2. The van der Waals surface area contributed by atoms with E-state index in [9.17, 15) is 18.0 Å². The van der Waals surface area contributed by atoms with Gasteiger partial charge >= 0.3 is 0 Å². The molecule has 3 rings (SSSR count). The third-order valence-electron chi connectivity index (χ3n) is 5.03. The number of hydrogen-bond donors (Lipinski definition) is 0. The van der Waals surface area contributed by atoms with E-state index in [0.717, 1.165) is 11.3 Å². The van der Waals surface area contributed by atoms with Crippen LogP contribution in [0.1, 0.15) is 18.4 Å². The summed E-state index contributed by atoms with van der Waals surface area (Å²) in [7, 11) is -1.42. The third-order valence-corrected chi connectivity index (χ3v) is 7.01. The quantitative estimate of drug-likeness (QED) is 0.794. The van der Waals surface area contributed by atoms with E-state index >= 15 is 0 Å². The molecule has 2 unspecified atom stereocenters. The summed E-state index contributed by atoms with van der Waals surface area (Å²) in [6.45, 7) is 2.18. The fourth-order valence-corrected chi connectivity index (χ4v) is 5.58. The minimum absolute atomic E-state index is 0.00983. The van der Waals surface area contributed by atoms with Gasteiger partial charge in [0.2, 0.25) is 11.8 Å². The Kier molecular flexibility index (Phi) is 4.81. The lowest BCUT2D eigenvalue weighted by molar-refractivity contribution is -0.136. The van der Waals surface area contributed by atoms with Crippen LogP contribution in [0.15, 0.2) is 18.2 Å². The first-order valence-electron chi connectivity index (χ1n) is 8.21. The van der Waals surface area contributed by atoms with E-state index in [0.29, 0.717) is 18.0 Å². The molecule has 2 atom stereocenters. The highest BCUT2D eigenvalue weighted by atomic mass is 35.5. The molecule has 0 radical (unpaired) electrons. The highest BCUT2D eigenvalue weighted by Crippen LogP contribution is 2.31. The van der Waals surface area contributed by atoms with E-state index in [-0.39, 0.29) is 35.8 Å². The Labute approximate surface area is 152 Å². The number of benzene rings is 1. The van der Waals surface area contributed by atoms with E-state index in [1.165, 1.54) is 4.90 Å². The van der Waals surface area contributed by atoms with E-state index in [4.69, 9.17) is 11.6 Å². The normalized spacial score (nSPS) is 25.4. The summed E-state index contributed by atoms with van der Waals surface area (Å²) < 4.78 is 23.3. The lowest BCUT2D eigenvalue weighted by Crippen LogP contribution is -2.42. The fourth-order valence-electron chi connectivity index (χ4n) is 3.58. The number of carbonyl (C=O) groups excluding carboxylic acids is 2. The number of halogens is 1. The van der Waals surface area contributed by atoms with Crippen LogP contribution in [-0.2, 0) is 19.4 Å². The first-order chi connectivity index (χ1) is 11.7. The second-order valence-corrected chi connectivity index (χ2v) is 9.51. The van der Waals surface area contributed by atoms with E-state index in [1.807, 2.05) is 6.92 Å². The summed E-state index contributed by atoms with van der Waals surface area (Å²) >= 11 is 5.96. The molecule has 1 aromatic carbocycles. The second kappa shape index (κ2) is 6.61. The average Bonchev–Trinajstić information content (AvgIpc) is 3.09. The molecule has 1 aromatic rings. The smallest absolute Gasteiger partial charge is 0.228 e. The SMILES string of the molecule is Cc1cc(Cl)ccc1N1CC(C(=O)N(C)C2CCS(=O)(=O)C2)CC1=O. The minimum atomic E-state index is -3.06. The molecule has 2 saturated heterocycles. The first-order valence-corrected chi connectivity index (χ1v) is 10.4.